The Kier molecular flexibility index (Phi) is 4.37. The molecule has 21 heavy (non-hydrogen) atoms. The summed E-state index contributed by atoms with van der Waals surface area (Å²) in [5.74, 6) is 0.574. The van der Waals surface area contributed by atoms with E-state index in [1.165, 1.54) is 36.8 Å². The summed E-state index contributed by atoms with van der Waals surface area (Å²) >= 11 is 0. The molecule has 1 saturated heterocycles. The third-order valence-corrected chi connectivity index (χ3v) is 4.85. The second-order valence-corrected chi connectivity index (χ2v) is 7.57. The maximum atomic E-state index is 6.23. The van der Waals surface area contributed by atoms with E-state index in [-0.39, 0.29) is 5.60 Å². The Morgan fingerprint density at radius 3 is 2.71 bits per heavy atom. The first-order valence-corrected chi connectivity index (χ1v) is 8.50. The van der Waals surface area contributed by atoms with Crippen LogP contribution in [-0.4, -0.2) is 24.3 Å². The van der Waals surface area contributed by atoms with Crippen LogP contribution in [0.1, 0.15) is 63.0 Å². The highest BCUT2D eigenvalue weighted by Crippen LogP contribution is 2.35. The Bertz CT molecular complexity index is 478. The van der Waals surface area contributed by atoms with Crippen LogP contribution in [0.3, 0.4) is 0 Å². The van der Waals surface area contributed by atoms with E-state index in [0.29, 0.717) is 12.0 Å². The largest absolute Gasteiger partial charge is 0.372 e. The number of nitrogens with one attached hydrogen (secondary N) is 1. The van der Waals surface area contributed by atoms with Gasteiger partial charge in [-0.05, 0) is 64.4 Å². The van der Waals surface area contributed by atoms with Gasteiger partial charge in [-0.2, -0.15) is 0 Å². The number of hydrogen-bond acceptors (Lipinski definition) is 2. The first-order valence-electron chi connectivity index (χ1n) is 8.50. The highest BCUT2D eigenvalue weighted by atomic mass is 16.5. The second kappa shape index (κ2) is 6.10. The van der Waals surface area contributed by atoms with Gasteiger partial charge in [-0.3, -0.25) is 0 Å². The molecular formula is C19H29NO. The maximum Gasteiger partial charge on any atom is 0.0631 e. The molecule has 116 valence electrons. The first-order chi connectivity index (χ1) is 10.0. The Balaban J connectivity index is 1.66. The van der Waals surface area contributed by atoms with Gasteiger partial charge in [0.05, 0.1) is 11.7 Å². The van der Waals surface area contributed by atoms with Crippen molar-refractivity contribution in [1.29, 1.82) is 0 Å². The minimum Gasteiger partial charge on any atom is -0.372 e. The summed E-state index contributed by atoms with van der Waals surface area (Å²) in [6.07, 6.45) is 6.67. The van der Waals surface area contributed by atoms with E-state index in [1.54, 1.807) is 0 Å². The van der Waals surface area contributed by atoms with Crippen molar-refractivity contribution in [3.8, 4) is 0 Å². The van der Waals surface area contributed by atoms with Gasteiger partial charge in [0.25, 0.3) is 0 Å². The number of ether oxygens (including phenoxy) is 1. The van der Waals surface area contributed by atoms with E-state index in [1.807, 2.05) is 0 Å². The lowest BCUT2D eigenvalue weighted by molar-refractivity contribution is -0.0209. The lowest BCUT2D eigenvalue weighted by atomic mass is 9.91. The van der Waals surface area contributed by atoms with E-state index < -0.39 is 0 Å². The highest BCUT2D eigenvalue weighted by Gasteiger charge is 2.33. The Morgan fingerprint density at radius 1 is 1.29 bits per heavy atom. The van der Waals surface area contributed by atoms with Gasteiger partial charge >= 0.3 is 0 Å². The van der Waals surface area contributed by atoms with Crippen molar-refractivity contribution < 1.29 is 4.74 Å². The predicted octanol–water partition coefficient (Wildman–Crippen LogP) is 4.18. The van der Waals surface area contributed by atoms with Crippen molar-refractivity contribution in [2.75, 3.05) is 6.54 Å². The van der Waals surface area contributed by atoms with Crippen molar-refractivity contribution in [3.63, 3.8) is 0 Å². The molecule has 2 unspecified atom stereocenters. The first kappa shape index (κ1) is 15.1. The Labute approximate surface area is 129 Å². The summed E-state index contributed by atoms with van der Waals surface area (Å²) in [7, 11) is 0. The molecule has 1 aromatic carbocycles. The van der Waals surface area contributed by atoms with Gasteiger partial charge in [0, 0.05) is 12.6 Å². The Morgan fingerprint density at radius 2 is 2.10 bits per heavy atom. The highest BCUT2D eigenvalue weighted by molar-refractivity contribution is 5.26. The number of rotatable bonds is 6. The second-order valence-electron chi connectivity index (χ2n) is 7.57. The molecular weight excluding hydrogens is 258 g/mol. The molecule has 2 aliphatic rings. The van der Waals surface area contributed by atoms with Crippen molar-refractivity contribution in [2.45, 2.75) is 76.5 Å². The zero-order valence-corrected chi connectivity index (χ0v) is 13.7. The van der Waals surface area contributed by atoms with E-state index in [9.17, 15) is 0 Å². The number of hydrogen-bond donors (Lipinski definition) is 1. The van der Waals surface area contributed by atoms with Gasteiger partial charge in [0.1, 0.15) is 0 Å². The molecule has 0 amide bonds. The van der Waals surface area contributed by atoms with Crippen molar-refractivity contribution in [1.82, 2.24) is 5.32 Å². The minimum absolute atomic E-state index is 0.0751. The average Bonchev–Trinajstić information content (AvgIpc) is 3.19. The van der Waals surface area contributed by atoms with Crippen LogP contribution in [0.5, 0.6) is 0 Å². The molecule has 1 aliphatic heterocycles. The fourth-order valence-corrected chi connectivity index (χ4v) is 3.42. The van der Waals surface area contributed by atoms with Crippen LogP contribution in [0.25, 0.3) is 0 Å². The Hall–Kier alpha value is -0.860. The van der Waals surface area contributed by atoms with Crippen molar-refractivity contribution in [3.05, 3.63) is 35.4 Å². The molecule has 2 fully saturated rings. The van der Waals surface area contributed by atoms with E-state index >= 15 is 0 Å². The smallest absolute Gasteiger partial charge is 0.0631 e. The van der Waals surface area contributed by atoms with Crippen molar-refractivity contribution >= 4 is 0 Å². The summed E-state index contributed by atoms with van der Waals surface area (Å²) in [4.78, 5) is 0. The molecule has 1 saturated carbocycles. The van der Waals surface area contributed by atoms with Gasteiger partial charge in [0.2, 0.25) is 0 Å². The standard InChI is InChI=1S/C19H29NO/c1-14-5-4-6-15(11-14)16(13-20-17-7-8-17)12-18-9-10-19(2,3)21-18/h4-6,11,16-18,20H,7-10,12-13H2,1-3H3. The zero-order valence-electron chi connectivity index (χ0n) is 13.7. The summed E-state index contributed by atoms with van der Waals surface area (Å²) in [6, 6.07) is 9.78. The monoisotopic (exact) mass is 287 g/mol. The van der Waals surface area contributed by atoms with E-state index in [0.717, 1.165) is 19.0 Å². The van der Waals surface area contributed by atoms with Crippen LogP contribution < -0.4 is 5.32 Å². The summed E-state index contributed by atoms with van der Waals surface area (Å²) < 4.78 is 6.23. The maximum absolute atomic E-state index is 6.23. The molecule has 1 heterocycles. The van der Waals surface area contributed by atoms with Crippen LogP contribution in [0, 0.1) is 6.92 Å². The molecule has 0 bridgehead atoms. The molecule has 1 N–H and O–H groups in total. The molecule has 3 rings (SSSR count). The molecule has 2 nitrogen and oxygen atoms in total. The zero-order chi connectivity index (χ0) is 14.9. The van der Waals surface area contributed by atoms with Gasteiger partial charge in [-0.1, -0.05) is 29.8 Å². The lowest BCUT2D eigenvalue weighted by Crippen LogP contribution is -2.27. The number of benzene rings is 1. The van der Waals surface area contributed by atoms with Crippen LogP contribution in [-0.2, 0) is 4.74 Å². The van der Waals surface area contributed by atoms with Crippen molar-refractivity contribution in [2.24, 2.45) is 0 Å². The topological polar surface area (TPSA) is 21.3 Å². The van der Waals surface area contributed by atoms with Crippen LogP contribution in [0.15, 0.2) is 24.3 Å². The molecule has 0 radical (unpaired) electrons. The molecule has 2 heteroatoms. The fourth-order valence-electron chi connectivity index (χ4n) is 3.42. The molecule has 2 atom stereocenters. The van der Waals surface area contributed by atoms with Gasteiger partial charge < -0.3 is 10.1 Å². The van der Waals surface area contributed by atoms with Crippen LogP contribution >= 0.6 is 0 Å². The quantitative estimate of drug-likeness (QED) is 0.847. The molecule has 0 spiro atoms. The van der Waals surface area contributed by atoms with Crippen LogP contribution in [0.4, 0.5) is 0 Å². The van der Waals surface area contributed by atoms with Crippen LogP contribution in [0.2, 0.25) is 0 Å². The predicted molar refractivity (Wildman–Crippen MR) is 87.7 cm³/mol. The molecule has 1 aromatic rings. The van der Waals surface area contributed by atoms with Gasteiger partial charge in [-0.15, -0.1) is 0 Å². The molecule has 1 aliphatic carbocycles. The summed E-state index contributed by atoms with van der Waals surface area (Å²) in [5, 5.41) is 3.71. The fraction of sp³-hybridized carbons (Fsp3) is 0.684. The summed E-state index contributed by atoms with van der Waals surface area (Å²) in [5.41, 5.74) is 2.90. The summed E-state index contributed by atoms with van der Waals surface area (Å²) in [6.45, 7) is 7.71. The van der Waals surface area contributed by atoms with Gasteiger partial charge in [-0.25, -0.2) is 0 Å². The number of aryl methyl sites for hydroxylation is 1. The minimum atomic E-state index is 0.0751. The van der Waals surface area contributed by atoms with E-state index in [4.69, 9.17) is 4.74 Å². The third kappa shape index (κ3) is 4.31. The normalized spacial score (nSPS) is 26.0. The average molecular weight is 287 g/mol. The third-order valence-electron chi connectivity index (χ3n) is 4.85. The van der Waals surface area contributed by atoms with Gasteiger partial charge in [0.15, 0.2) is 0 Å². The molecule has 0 aromatic heterocycles. The lowest BCUT2D eigenvalue weighted by Gasteiger charge is -2.24. The van der Waals surface area contributed by atoms with E-state index in [2.05, 4.69) is 50.4 Å². The SMILES string of the molecule is Cc1cccc(C(CNC2CC2)CC2CCC(C)(C)O2)c1.